The molecule has 0 bridgehead atoms. The van der Waals surface area contributed by atoms with E-state index in [1.165, 1.54) is 67.4 Å². The van der Waals surface area contributed by atoms with E-state index in [0.717, 1.165) is 19.4 Å². The molecule has 2 heteroatoms. The van der Waals surface area contributed by atoms with Gasteiger partial charge >= 0.3 is 0 Å². The van der Waals surface area contributed by atoms with Gasteiger partial charge in [-0.25, -0.2) is 0 Å². The molecule has 1 nitrogen and oxygen atoms in total. The molecular formula is C19H28OS. The molecule has 0 saturated carbocycles. The van der Waals surface area contributed by atoms with Crippen LogP contribution < -0.4 is 0 Å². The van der Waals surface area contributed by atoms with Gasteiger partial charge in [-0.3, -0.25) is 0 Å². The Balaban J connectivity index is 1.82. The maximum atomic E-state index is 5.63. The van der Waals surface area contributed by atoms with Gasteiger partial charge < -0.3 is 4.18 Å². The van der Waals surface area contributed by atoms with Crippen LogP contribution in [0.5, 0.6) is 0 Å². The predicted molar refractivity (Wildman–Crippen MR) is 93.4 cm³/mol. The van der Waals surface area contributed by atoms with E-state index in [1.54, 1.807) is 0 Å². The van der Waals surface area contributed by atoms with Gasteiger partial charge in [0.05, 0.1) is 6.61 Å². The molecule has 1 rings (SSSR count). The van der Waals surface area contributed by atoms with E-state index in [9.17, 15) is 0 Å². The van der Waals surface area contributed by atoms with Crippen molar-refractivity contribution in [2.75, 3.05) is 6.61 Å². The molecule has 116 valence electrons. The number of unbranched alkanes of at least 4 members (excludes halogenated alkanes) is 8. The largest absolute Gasteiger partial charge is 0.310 e. The van der Waals surface area contributed by atoms with Crippen LogP contribution in [-0.2, 0) is 4.18 Å². The van der Waals surface area contributed by atoms with Gasteiger partial charge in [-0.1, -0.05) is 56.2 Å². The first-order valence-electron chi connectivity index (χ1n) is 8.12. The summed E-state index contributed by atoms with van der Waals surface area (Å²) in [5, 5.41) is 0. The van der Waals surface area contributed by atoms with Crippen LogP contribution in [0.1, 0.15) is 63.4 Å². The molecule has 0 fully saturated rings. The highest BCUT2D eigenvalue weighted by Crippen LogP contribution is 2.20. The van der Waals surface area contributed by atoms with E-state index >= 15 is 0 Å². The third-order valence-electron chi connectivity index (χ3n) is 3.47. The molecule has 1 aromatic carbocycles. The third-order valence-corrected chi connectivity index (χ3v) is 4.22. The predicted octanol–water partition coefficient (Wildman–Crippen LogP) is 6.16. The molecule has 1 aromatic rings. The van der Waals surface area contributed by atoms with Crippen LogP contribution in [0.2, 0.25) is 0 Å². The third kappa shape index (κ3) is 10.5. The molecule has 0 aliphatic carbocycles. The van der Waals surface area contributed by atoms with Gasteiger partial charge in [0.1, 0.15) is 0 Å². The molecule has 0 N–H and O–H groups in total. The van der Waals surface area contributed by atoms with Gasteiger partial charge in [-0.05, 0) is 31.9 Å². The Morgan fingerprint density at radius 1 is 0.905 bits per heavy atom. The lowest BCUT2D eigenvalue weighted by Gasteiger charge is -2.04. The molecule has 21 heavy (non-hydrogen) atoms. The van der Waals surface area contributed by atoms with Gasteiger partial charge in [0, 0.05) is 23.4 Å². The number of terminal acetylenes is 1. The van der Waals surface area contributed by atoms with Gasteiger partial charge in [-0.2, -0.15) is 0 Å². The van der Waals surface area contributed by atoms with Crippen molar-refractivity contribution in [1.29, 1.82) is 0 Å². The Labute approximate surface area is 135 Å². The minimum atomic E-state index is 0.848. The molecule has 0 unspecified atom stereocenters. The Morgan fingerprint density at radius 2 is 1.48 bits per heavy atom. The fourth-order valence-electron chi connectivity index (χ4n) is 2.15. The highest BCUT2D eigenvalue weighted by molar-refractivity contribution is 7.94. The first kappa shape index (κ1) is 18.1. The Morgan fingerprint density at radius 3 is 2.10 bits per heavy atom. The van der Waals surface area contributed by atoms with Crippen LogP contribution in [0, 0.1) is 19.3 Å². The lowest BCUT2D eigenvalue weighted by atomic mass is 10.1. The minimum absolute atomic E-state index is 0.848. The standard InChI is InChI=1S/C19H28OS/c1-3-4-5-6-7-8-9-10-11-12-17-20-21-19-15-13-18(2)14-16-19/h1,13-16H,4-12,17H2,2H3. The summed E-state index contributed by atoms with van der Waals surface area (Å²) in [4.78, 5) is 1.19. The maximum Gasteiger partial charge on any atom is 0.0618 e. The van der Waals surface area contributed by atoms with Crippen LogP contribution in [0.15, 0.2) is 29.2 Å². The van der Waals surface area contributed by atoms with Crippen molar-refractivity contribution < 1.29 is 4.18 Å². The summed E-state index contributed by atoms with van der Waals surface area (Å²) < 4.78 is 5.63. The van der Waals surface area contributed by atoms with Crippen LogP contribution in [0.25, 0.3) is 0 Å². The fraction of sp³-hybridized carbons (Fsp3) is 0.579. The molecule has 0 radical (unpaired) electrons. The van der Waals surface area contributed by atoms with E-state index in [4.69, 9.17) is 10.6 Å². The molecule has 0 spiro atoms. The molecule has 0 aromatic heterocycles. The number of benzene rings is 1. The maximum absolute atomic E-state index is 5.63. The van der Waals surface area contributed by atoms with Crippen molar-refractivity contribution in [3.63, 3.8) is 0 Å². The molecule has 0 amide bonds. The SMILES string of the molecule is C#CCCCCCCCCCCOSc1ccc(C)cc1. The monoisotopic (exact) mass is 304 g/mol. The summed E-state index contributed by atoms with van der Waals surface area (Å²) in [6.45, 7) is 2.95. The smallest absolute Gasteiger partial charge is 0.0618 e. The average molecular weight is 304 g/mol. The van der Waals surface area contributed by atoms with E-state index in [2.05, 4.69) is 37.1 Å². The van der Waals surface area contributed by atoms with Crippen molar-refractivity contribution in [1.82, 2.24) is 0 Å². The zero-order valence-corrected chi connectivity index (χ0v) is 14.1. The van der Waals surface area contributed by atoms with E-state index in [1.807, 2.05) is 0 Å². The number of aryl methyl sites for hydroxylation is 1. The zero-order valence-electron chi connectivity index (χ0n) is 13.3. The second kappa shape index (κ2) is 12.8. The molecular weight excluding hydrogens is 276 g/mol. The summed E-state index contributed by atoms with van der Waals surface area (Å²) in [7, 11) is 0. The summed E-state index contributed by atoms with van der Waals surface area (Å²) in [6.07, 6.45) is 16.5. The van der Waals surface area contributed by atoms with Crippen LogP contribution in [0.4, 0.5) is 0 Å². The Kier molecular flexibility index (Phi) is 11.1. The quantitative estimate of drug-likeness (QED) is 0.260. The van der Waals surface area contributed by atoms with Crippen molar-refractivity contribution >= 4 is 12.0 Å². The summed E-state index contributed by atoms with van der Waals surface area (Å²) in [5.74, 6) is 2.70. The van der Waals surface area contributed by atoms with Gasteiger partial charge in [0.15, 0.2) is 0 Å². The number of hydrogen-bond donors (Lipinski definition) is 0. The van der Waals surface area contributed by atoms with Gasteiger partial charge in [0.2, 0.25) is 0 Å². The second-order valence-electron chi connectivity index (χ2n) is 5.50. The van der Waals surface area contributed by atoms with E-state index in [-0.39, 0.29) is 0 Å². The molecule has 0 heterocycles. The van der Waals surface area contributed by atoms with Crippen molar-refractivity contribution in [2.24, 2.45) is 0 Å². The topological polar surface area (TPSA) is 9.23 Å². The van der Waals surface area contributed by atoms with Crippen molar-refractivity contribution in [2.45, 2.75) is 69.6 Å². The minimum Gasteiger partial charge on any atom is -0.310 e. The van der Waals surface area contributed by atoms with E-state index < -0.39 is 0 Å². The second-order valence-corrected chi connectivity index (χ2v) is 6.37. The summed E-state index contributed by atoms with van der Waals surface area (Å²) >= 11 is 1.49. The highest BCUT2D eigenvalue weighted by Gasteiger charge is 1.96. The molecule has 0 aliphatic heterocycles. The first-order chi connectivity index (χ1) is 10.3. The van der Waals surface area contributed by atoms with E-state index in [0.29, 0.717) is 0 Å². The summed E-state index contributed by atoms with van der Waals surface area (Å²) in [5.41, 5.74) is 1.29. The fourth-order valence-corrected chi connectivity index (χ4v) is 2.74. The van der Waals surface area contributed by atoms with Gasteiger partial charge in [-0.15, -0.1) is 12.3 Å². The number of rotatable bonds is 12. The van der Waals surface area contributed by atoms with Crippen LogP contribution >= 0.6 is 12.0 Å². The lowest BCUT2D eigenvalue weighted by molar-refractivity contribution is 0.354. The normalized spacial score (nSPS) is 10.5. The van der Waals surface area contributed by atoms with Crippen LogP contribution in [-0.4, -0.2) is 6.61 Å². The summed E-state index contributed by atoms with van der Waals surface area (Å²) in [6, 6.07) is 8.46. The van der Waals surface area contributed by atoms with Gasteiger partial charge in [0.25, 0.3) is 0 Å². The van der Waals surface area contributed by atoms with Crippen molar-refractivity contribution in [3.05, 3.63) is 29.8 Å². The van der Waals surface area contributed by atoms with Crippen LogP contribution in [0.3, 0.4) is 0 Å². The molecule has 0 atom stereocenters. The lowest BCUT2D eigenvalue weighted by Crippen LogP contribution is -1.88. The molecule has 0 saturated heterocycles. The number of hydrogen-bond acceptors (Lipinski definition) is 2. The zero-order chi connectivity index (χ0) is 15.2. The van der Waals surface area contributed by atoms with Crippen molar-refractivity contribution in [3.8, 4) is 12.3 Å². The highest BCUT2D eigenvalue weighted by atomic mass is 32.2. The Hall–Kier alpha value is -0.910. The molecule has 0 aliphatic rings. The Bertz CT molecular complexity index is 391. The average Bonchev–Trinajstić information content (AvgIpc) is 2.50. The first-order valence-corrected chi connectivity index (χ1v) is 8.86.